The van der Waals surface area contributed by atoms with Crippen LogP contribution in [-0.4, -0.2) is 459 Å². The second-order valence-electron chi connectivity index (χ2n) is 25.1. The highest BCUT2D eigenvalue weighted by Gasteiger charge is 2.14. The monoisotopic (exact) mass is 1690 g/mol. The van der Waals surface area contributed by atoms with E-state index in [0.717, 1.165) is 0 Å². The van der Waals surface area contributed by atoms with Gasteiger partial charge in [0, 0.05) is 5.57 Å². The molecule has 5 unspecified atom stereocenters. The van der Waals surface area contributed by atoms with Crippen LogP contribution in [0.5, 0.6) is 0 Å². The van der Waals surface area contributed by atoms with Crippen molar-refractivity contribution in [3.63, 3.8) is 0 Å². The first kappa shape index (κ1) is 114. The molecule has 0 rings (SSSR count). The summed E-state index contributed by atoms with van der Waals surface area (Å²) in [5, 5.41) is 0. The van der Waals surface area contributed by atoms with Crippen molar-refractivity contribution >= 4 is 5.97 Å². The summed E-state index contributed by atoms with van der Waals surface area (Å²) in [6, 6.07) is 0. The molecule has 5 atom stereocenters. The third kappa shape index (κ3) is 98.7. The minimum absolute atomic E-state index is 0.00286. The first-order valence-electron chi connectivity index (χ1n) is 41.4. The fourth-order valence-corrected chi connectivity index (χ4v) is 8.40. The number of rotatable bonds is 105. The lowest BCUT2D eigenvalue weighted by Gasteiger charge is -2.22. The highest BCUT2D eigenvalue weighted by atomic mass is 16.6. The molecule has 0 saturated carbocycles. The van der Waals surface area contributed by atoms with E-state index in [-0.39, 0.29) is 37.1 Å². The van der Waals surface area contributed by atoms with E-state index in [2.05, 4.69) is 13.2 Å². The highest BCUT2D eigenvalue weighted by Crippen LogP contribution is 2.05. The molecule has 0 fully saturated rings. The third-order valence-electron chi connectivity index (χ3n) is 14.5. The van der Waals surface area contributed by atoms with E-state index < -0.39 is 5.97 Å². The Labute approximate surface area is 693 Å². The maximum atomic E-state index is 11.3. The predicted molar refractivity (Wildman–Crippen MR) is 427 cm³/mol. The summed E-state index contributed by atoms with van der Waals surface area (Å²) in [6.45, 7) is 48.5. The van der Waals surface area contributed by atoms with Crippen molar-refractivity contribution in [3.8, 4) is 0 Å². The quantitative estimate of drug-likeness (QED) is 0.0362. The zero-order chi connectivity index (χ0) is 83.8. The van der Waals surface area contributed by atoms with E-state index in [1.165, 1.54) is 0 Å². The van der Waals surface area contributed by atoms with Gasteiger partial charge in [0.25, 0.3) is 0 Å². The normalized spacial score (nSPS) is 13.1. The topological polar surface area (TPSA) is 340 Å². The molecule has 0 N–H and O–H groups in total. The summed E-state index contributed by atoms with van der Waals surface area (Å²) in [4.78, 5) is 11.3. The fourth-order valence-electron chi connectivity index (χ4n) is 8.40. The Balaban J connectivity index is 3.17. The summed E-state index contributed by atoms with van der Waals surface area (Å²) in [7, 11) is 0. The van der Waals surface area contributed by atoms with Crippen LogP contribution in [0.15, 0.2) is 24.8 Å². The van der Waals surface area contributed by atoms with Crippen LogP contribution in [0.4, 0.5) is 0 Å². The second-order valence-corrected chi connectivity index (χ2v) is 25.1. The zero-order valence-electron chi connectivity index (χ0n) is 71.8. The summed E-state index contributed by atoms with van der Waals surface area (Å²) in [5.41, 5.74) is 0.362. The Morgan fingerprint density at radius 1 is 0.198 bits per heavy atom. The van der Waals surface area contributed by atoms with Gasteiger partial charge in [0.05, 0.1) is 447 Å². The molecule has 116 heavy (non-hydrogen) atoms. The molecule has 0 saturated heterocycles. The average molecular weight is 1690 g/mol. The van der Waals surface area contributed by atoms with Crippen LogP contribution in [0.3, 0.4) is 0 Å². The van der Waals surface area contributed by atoms with Crippen LogP contribution in [0.1, 0.15) is 41.5 Å². The van der Waals surface area contributed by atoms with Crippen LogP contribution in [0, 0.1) is 0 Å². The van der Waals surface area contributed by atoms with Gasteiger partial charge in [-0.3, -0.25) is 0 Å². The van der Waals surface area contributed by atoms with E-state index in [0.29, 0.717) is 422 Å². The Kier molecular flexibility index (Phi) is 97.6. The van der Waals surface area contributed by atoms with Gasteiger partial charge in [0.2, 0.25) is 0 Å². The van der Waals surface area contributed by atoms with Crippen molar-refractivity contribution in [1.29, 1.82) is 0 Å². The van der Waals surface area contributed by atoms with Gasteiger partial charge in [0.1, 0.15) is 6.61 Å². The van der Waals surface area contributed by atoms with Gasteiger partial charge in [-0.2, -0.15) is 0 Å². The second kappa shape index (κ2) is 99.7. The maximum absolute atomic E-state index is 11.3. The van der Waals surface area contributed by atoms with Crippen molar-refractivity contribution in [3.05, 3.63) is 24.8 Å². The molecule has 0 radical (unpaired) electrons. The summed E-state index contributed by atoms with van der Waals surface area (Å²) in [6.07, 6.45) is 1.47. The van der Waals surface area contributed by atoms with Crippen LogP contribution < -0.4 is 0 Å². The minimum atomic E-state index is -0.421. The Bertz CT molecular complexity index is 1900. The van der Waals surface area contributed by atoms with Crippen LogP contribution >= 0.6 is 0 Å². The third-order valence-corrected chi connectivity index (χ3v) is 14.5. The highest BCUT2D eigenvalue weighted by molar-refractivity contribution is 5.86. The molecule has 0 heterocycles. The molecular formula is C80H156O36. The van der Waals surface area contributed by atoms with Gasteiger partial charge in [0.15, 0.2) is 0 Å². The van der Waals surface area contributed by atoms with Gasteiger partial charge in [-0.1, -0.05) is 12.7 Å². The van der Waals surface area contributed by atoms with E-state index in [1.807, 2.05) is 34.6 Å². The van der Waals surface area contributed by atoms with Crippen molar-refractivity contribution in [2.24, 2.45) is 0 Å². The largest absolute Gasteiger partial charge is 0.460 e. The minimum Gasteiger partial charge on any atom is -0.460 e. The number of ether oxygens (including phenoxy) is 35. The summed E-state index contributed by atoms with van der Waals surface area (Å²) < 4.78 is 194. The average Bonchev–Trinajstić information content (AvgIpc) is 0.982. The van der Waals surface area contributed by atoms with Gasteiger partial charge in [-0.15, -0.1) is 6.58 Å². The van der Waals surface area contributed by atoms with Crippen molar-refractivity contribution in [2.45, 2.75) is 72.1 Å². The number of esters is 1. The fraction of sp³-hybridized carbons (Fsp3) is 0.938. The molecule has 0 aliphatic heterocycles. The molecule has 0 spiro atoms. The number of hydrogen-bond donors (Lipinski definition) is 0. The zero-order valence-corrected chi connectivity index (χ0v) is 71.8. The smallest absolute Gasteiger partial charge is 0.333 e. The maximum Gasteiger partial charge on any atom is 0.333 e. The molecule has 36 nitrogen and oxygen atoms in total. The Hall–Kier alpha value is -2.41. The van der Waals surface area contributed by atoms with E-state index >= 15 is 0 Å². The van der Waals surface area contributed by atoms with Gasteiger partial charge in [-0.25, -0.2) is 4.79 Å². The molecule has 0 aliphatic rings. The first-order valence-corrected chi connectivity index (χ1v) is 41.4. The molecule has 0 aromatic carbocycles. The van der Waals surface area contributed by atoms with Crippen molar-refractivity contribution < 1.29 is 171 Å². The van der Waals surface area contributed by atoms with E-state index in [9.17, 15) is 4.79 Å². The van der Waals surface area contributed by atoms with Crippen LogP contribution in [0.25, 0.3) is 0 Å². The standard InChI is InChI=1S/C80H156O36/c1-9-10-111-76(5)70-114-78(7)72-116-79(8)73-115-77(6)71-113-75(4)69-110-66-65-108-62-61-106-58-57-104-54-53-102-50-49-100-46-45-98-42-41-96-38-37-94-34-33-92-30-29-90-26-25-88-22-21-86-18-17-84-14-13-82-11-12-83-15-16-85-19-20-87-23-24-89-27-28-91-31-32-93-35-36-95-39-40-97-43-44-99-47-48-101-51-52-103-55-56-105-59-60-107-63-64-109-67-68-112-80(81)74(2)3/h9,75-79H,1-2,10-73H2,3-8H3. The lowest BCUT2D eigenvalue weighted by atomic mass is 10.3. The molecule has 36 heteroatoms. The Morgan fingerprint density at radius 3 is 0.457 bits per heavy atom. The van der Waals surface area contributed by atoms with Crippen molar-refractivity contribution in [1.82, 2.24) is 0 Å². The van der Waals surface area contributed by atoms with E-state index in [1.54, 1.807) is 13.0 Å². The van der Waals surface area contributed by atoms with Gasteiger partial charge >= 0.3 is 5.97 Å². The lowest BCUT2D eigenvalue weighted by molar-refractivity contribution is -0.140. The molecule has 0 bridgehead atoms. The predicted octanol–water partition coefficient (Wildman–Crippen LogP) is 3.80. The summed E-state index contributed by atoms with van der Waals surface area (Å²) in [5.74, 6) is -0.421. The number of carbonyl (C=O) groups excluding carboxylic acids is 1. The van der Waals surface area contributed by atoms with E-state index in [4.69, 9.17) is 166 Å². The molecular weight excluding hydrogens is 1540 g/mol. The first-order chi connectivity index (χ1) is 57.1. The lowest BCUT2D eigenvalue weighted by Crippen LogP contribution is -2.29. The molecule has 0 amide bonds. The molecule has 0 aliphatic carbocycles. The van der Waals surface area contributed by atoms with Gasteiger partial charge in [-0.05, 0) is 41.5 Å². The summed E-state index contributed by atoms with van der Waals surface area (Å²) >= 11 is 0. The molecule has 0 aromatic heterocycles. The molecule has 0 aromatic rings. The Morgan fingerprint density at radius 2 is 0.319 bits per heavy atom. The van der Waals surface area contributed by atoms with Gasteiger partial charge < -0.3 is 166 Å². The number of carbonyl (C=O) groups is 1. The van der Waals surface area contributed by atoms with Crippen LogP contribution in [-0.2, 0) is 171 Å². The van der Waals surface area contributed by atoms with Crippen molar-refractivity contribution in [2.75, 3.05) is 423 Å². The molecule has 692 valence electrons. The number of hydrogen-bond acceptors (Lipinski definition) is 36. The van der Waals surface area contributed by atoms with Crippen LogP contribution in [0.2, 0.25) is 0 Å². The SMILES string of the molecule is C=CCOC(C)COC(C)COC(C)COC(C)COC(C)COCCOCCOCCOCCOCCOCCOCCOCCOCCOCCOCCOCCOCCOCCOCCOCCOCCOCCOCCOCCOCCOCCOCCOCCOCCOCCOCCOCCOCCOC(=O)C(=C)C.